The summed E-state index contributed by atoms with van der Waals surface area (Å²) in [5, 5.41) is 0. The van der Waals surface area contributed by atoms with Crippen LogP contribution < -0.4 is 0 Å². The van der Waals surface area contributed by atoms with Gasteiger partial charge in [0.2, 0.25) is 0 Å². The van der Waals surface area contributed by atoms with E-state index in [1.54, 1.807) is 0 Å². The van der Waals surface area contributed by atoms with Gasteiger partial charge in [-0.2, -0.15) is 0 Å². The first-order valence-corrected chi connectivity index (χ1v) is 4.64. The minimum Gasteiger partial charge on any atom is -0.360 e. The maximum atomic E-state index is 5.38. The monoisotopic (exact) mass is 224 g/mol. The minimum atomic E-state index is 0.212. The van der Waals surface area contributed by atoms with Gasteiger partial charge < -0.3 is 4.74 Å². The highest BCUT2D eigenvalue weighted by molar-refractivity contribution is 9.10. The molecule has 1 aliphatic rings. The van der Waals surface area contributed by atoms with Crippen molar-refractivity contribution in [3.8, 4) is 0 Å². The summed E-state index contributed by atoms with van der Waals surface area (Å²) in [5.41, 5.74) is 1.21. The van der Waals surface area contributed by atoms with Gasteiger partial charge in [0.05, 0.1) is 0 Å². The molecule has 12 heavy (non-hydrogen) atoms. The quantitative estimate of drug-likeness (QED) is 0.556. The smallest absolute Gasteiger partial charge is 0.114 e. The van der Waals surface area contributed by atoms with Gasteiger partial charge in [-0.05, 0) is 11.6 Å². The number of epoxide rings is 1. The largest absolute Gasteiger partial charge is 0.360 e. The minimum absolute atomic E-state index is 0.212. The average molecular weight is 225 g/mol. The molecule has 1 nitrogen and oxygen atoms in total. The third-order valence-electron chi connectivity index (χ3n) is 1.97. The van der Waals surface area contributed by atoms with E-state index in [0.717, 1.165) is 4.47 Å². The standard InChI is InChI=1S/C10H9BrO/c1-2-9-10(12-9)7-5-3-4-6-8(7)11/h2-6,9-10H,1H2/t9-,10-/m0/s1. The van der Waals surface area contributed by atoms with Gasteiger partial charge in [-0.25, -0.2) is 0 Å². The first kappa shape index (κ1) is 8.02. The summed E-state index contributed by atoms with van der Waals surface area (Å²) in [4.78, 5) is 0. The summed E-state index contributed by atoms with van der Waals surface area (Å²) in [7, 11) is 0. The van der Waals surface area contributed by atoms with Crippen LogP contribution in [0.1, 0.15) is 11.7 Å². The van der Waals surface area contributed by atoms with Crippen LogP contribution in [-0.4, -0.2) is 6.10 Å². The lowest BCUT2D eigenvalue weighted by molar-refractivity contribution is 0.393. The molecule has 1 fully saturated rings. The van der Waals surface area contributed by atoms with Crippen molar-refractivity contribution in [3.63, 3.8) is 0 Å². The number of ether oxygens (including phenoxy) is 1. The van der Waals surface area contributed by atoms with E-state index in [1.165, 1.54) is 5.56 Å². The molecule has 1 aromatic rings. The van der Waals surface area contributed by atoms with Crippen LogP contribution in [0.15, 0.2) is 41.4 Å². The van der Waals surface area contributed by atoms with E-state index in [4.69, 9.17) is 4.74 Å². The first-order chi connectivity index (χ1) is 5.83. The lowest BCUT2D eigenvalue weighted by atomic mass is 10.1. The van der Waals surface area contributed by atoms with Crippen molar-refractivity contribution in [1.29, 1.82) is 0 Å². The van der Waals surface area contributed by atoms with E-state index in [-0.39, 0.29) is 12.2 Å². The molecule has 2 heteroatoms. The summed E-state index contributed by atoms with van der Waals surface area (Å²) >= 11 is 3.48. The Balaban J connectivity index is 2.25. The molecule has 0 radical (unpaired) electrons. The Labute approximate surface area is 80.2 Å². The maximum absolute atomic E-state index is 5.38. The number of benzene rings is 1. The molecule has 0 bridgehead atoms. The van der Waals surface area contributed by atoms with Crippen LogP contribution in [0.2, 0.25) is 0 Å². The van der Waals surface area contributed by atoms with Crippen LogP contribution in [0.4, 0.5) is 0 Å². The fraction of sp³-hybridized carbons (Fsp3) is 0.200. The van der Waals surface area contributed by atoms with Gasteiger partial charge in [0.25, 0.3) is 0 Å². The Morgan fingerprint density at radius 1 is 1.42 bits per heavy atom. The van der Waals surface area contributed by atoms with Crippen molar-refractivity contribution in [2.45, 2.75) is 12.2 Å². The zero-order chi connectivity index (χ0) is 8.55. The molecule has 1 aliphatic heterocycles. The maximum Gasteiger partial charge on any atom is 0.114 e. The van der Waals surface area contributed by atoms with Crippen LogP contribution in [0, 0.1) is 0 Å². The molecule has 2 atom stereocenters. The molecular weight excluding hydrogens is 216 g/mol. The van der Waals surface area contributed by atoms with Gasteiger partial charge in [-0.1, -0.05) is 40.2 Å². The zero-order valence-corrected chi connectivity index (χ0v) is 8.12. The number of rotatable bonds is 2. The van der Waals surface area contributed by atoms with Crippen molar-refractivity contribution in [3.05, 3.63) is 47.0 Å². The van der Waals surface area contributed by atoms with E-state index in [1.807, 2.05) is 24.3 Å². The number of hydrogen-bond acceptors (Lipinski definition) is 1. The van der Waals surface area contributed by atoms with Crippen LogP contribution in [0.3, 0.4) is 0 Å². The van der Waals surface area contributed by atoms with Crippen molar-refractivity contribution in [2.75, 3.05) is 0 Å². The zero-order valence-electron chi connectivity index (χ0n) is 6.53. The van der Waals surface area contributed by atoms with Crippen LogP contribution in [-0.2, 0) is 4.74 Å². The van der Waals surface area contributed by atoms with Gasteiger partial charge >= 0.3 is 0 Å². The van der Waals surface area contributed by atoms with Crippen LogP contribution in [0.25, 0.3) is 0 Å². The Morgan fingerprint density at radius 3 is 2.75 bits per heavy atom. The molecule has 2 rings (SSSR count). The molecular formula is C10H9BrO. The molecule has 62 valence electrons. The summed E-state index contributed by atoms with van der Waals surface area (Å²) < 4.78 is 6.50. The topological polar surface area (TPSA) is 12.5 Å². The third kappa shape index (κ3) is 1.32. The van der Waals surface area contributed by atoms with Crippen molar-refractivity contribution < 1.29 is 4.74 Å². The highest BCUT2D eigenvalue weighted by Gasteiger charge is 2.38. The predicted molar refractivity (Wildman–Crippen MR) is 52.0 cm³/mol. The lowest BCUT2D eigenvalue weighted by Crippen LogP contribution is -1.85. The van der Waals surface area contributed by atoms with Gasteiger partial charge in [0, 0.05) is 4.47 Å². The molecule has 0 saturated carbocycles. The Hall–Kier alpha value is -0.600. The number of hydrogen-bond donors (Lipinski definition) is 0. The van der Waals surface area contributed by atoms with Crippen LogP contribution >= 0.6 is 15.9 Å². The molecule has 0 spiro atoms. The summed E-state index contributed by atoms with van der Waals surface area (Å²) in [6, 6.07) is 8.11. The fourth-order valence-electron chi connectivity index (χ4n) is 1.26. The molecule has 0 aromatic heterocycles. The molecule has 1 aromatic carbocycles. The van der Waals surface area contributed by atoms with E-state index >= 15 is 0 Å². The predicted octanol–water partition coefficient (Wildman–Crippen LogP) is 3.08. The SMILES string of the molecule is C=C[C@@H]1O[C@H]1c1ccccc1Br. The highest BCUT2D eigenvalue weighted by Crippen LogP contribution is 2.42. The summed E-state index contributed by atoms with van der Waals surface area (Å²) in [6.07, 6.45) is 2.27. The first-order valence-electron chi connectivity index (χ1n) is 3.85. The van der Waals surface area contributed by atoms with E-state index < -0.39 is 0 Å². The van der Waals surface area contributed by atoms with Crippen molar-refractivity contribution >= 4 is 15.9 Å². The van der Waals surface area contributed by atoms with Gasteiger partial charge in [-0.15, -0.1) is 6.58 Å². The second-order valence-corrected chi connectivity index (χ2v) is 3.63. The van der Waals surface area contributed by atoms with E-state index in [9.17, 15) is 0 Å². The molecule has 0 amide bonds. The lowest BCUT2D eigenvalue weighted by Gasteiger charge is -1.97. The van der Waals surface area contributed by atoms with Gasteiger partial charge in [-0.3, -0.25) is 0 Å². The van der Waals surface area contributed by atoms with Crippen molar-refractivity contribution in [1.82, 2.24) is 0 Å². The van der Waals surface area contributed by atoms with Crippen molar-refractivity contribution in [2.24, 2.45) is 0 Å². The highest BCUT2D eigenvalue weighted by atomic mass is 79.9. The Kier molecular flexibility index (Phi) is 2.03. The van der Waals surface area contributed by atoms with E-state index in [0.29, 0.717) is 0 Å². The number of halogens is 1. The third-order valence-corrected chi connectivity index (χ3v) is 2.69. The second-order valence-electron chi connectivity index (χ2n) is 2.78. The fourth-order valence-corrected chi connectivity index (χ4v) is 1.77. The molecule has 0 aliphatic carbocycles. The normalized spacial score (nSPS) is 26.8. The average Bonchev–Trinajstić information content (AvgIpc) is 2.84. The Bertz CT molecular complexity index is 308. The van der Waals surface area contributed by atoms with Gasteiger partial charge in [0.15, 0.2) is 0 Å². The summed E-state index contributed by atoms with van der Waals surface area (Å²) in [6.45, 7) is 3.69. The van der Waals surface area contributed by atoms with Gasteiger partial charge in [0.1, 0.15) is 12.2 Å². The van der Waals surface area contributed by atoms with E-state index in [2.05, 4.69) is 28.6 Å². The molecule has 0 unspecified atom stereocenters. The molecule has 0 N–H and O–H groups in total. The van der Waals surface area contributed by atoms with Crippen LogP contribution in [0.5, 0.6) is 0 Å². The molecule has 1 heterocycles. The Morgan fingerprint density at radius 2 is 2.17 bits per heavy atom. The second kappa shape index (κ2) is 3.04. The molecule has 1 saturated heterocycles. The summed E-state index contributed by atoms with van der Waals surface area (Å²) in [5.74, 6) is 0.